The van der Waals surface area contributed by atoms with Crippen LogP contribution in [0.15, 0.2) is 35.1 Å². The van der Waals surface area contributed by atoms with Gasteiger partial charge >= 0.3 is 5.97 Å². The summed E-state index contributed by atoms with van der Waals surface area (Å²) in [6.07, 6.45) is 4.08. The zero-order valence-electron chi connectivity index (χ0n) is 17.6. The summed E-state index contributed by atoms with van der Waals surface area (Å²) in [5, 5.41) is 10.3. The molecular weight excluding hydrogens is 414 g/mol. The molecule has 1 N–H and O–H groups in total. The van der Waals surface area contributed by atoms with Crippen LogP contribution in [0.4, 0.5) is 0 Å². The fourth-order valence-corrected chi connectivity index (χ4v) is 4.54. The van der Waals surface area contributed by atoms with Crippen LogP contribution >= 0.6 is 0 Å². The minimum Gasteiger partial charge on any atom is -0.493 e. The molecule has 5 rings (SSSR count). The molecule has 3 heterocycles. The van der Waals surface area contributed by atoms with E-state index < -0.39 is 5.97 Å². The van der Waals surface area contributed by atoms with Crippen LogP contribution in [0.3, 0.4) is 0 Å². The summed E-state index contributed by atoms with van der Waals surface area (Å²) < 4.78 is 23.8. The van der Waals surface area contributed by atoms with E-state index in [4.69, 9.17) is 18.9 Å². The van der Waals surface area contributed by atoms with Crippen molar-refractivity contribution in [2.75, 3.05) is 21.0 Å². The highest BCUT2D eigenvalue weighted by molar-refractivity contribution is 6.02. The molecule has 0 saturated carbocycles. The number of hydrogen-bond acceptors (Lipinski definition) is 6. The van der Waals surface area contributed by atoms with Gasteiger partial charge in [0.15, 0.2) is 23.0 Å². The minimum absolute atomic E-state index is 0.144. The smallest absolute Gasteiger partial charge is 0.328 e. The van der Waals surface area contributed by atoms with Crippen LogP contribution in [-0.4, -0.2) is 36.7 Å². The van der Waals surface area contributed by atoms with Gasteiger partial charge in [-0.3, -0.25) is 4.79 Å². The first-order chi connectivity index (χ1) is 15.5. The summed E-state index contributed by atoms with van der Waals surface area (Å²) in [4.78, 5) is 25.1. The second-order valence-corrected chi connectivity index (χ2v) is 7.58. The van der Waals surface area contributed by atoms with Gasteiger partial charge in [0.1, 0.15) is 0 Å². The lowest BCUT2D eigenvalue weighted by Crippen LogP contribution is -2.23. The molecule has 32 heavy (non-hydrogen) atoms. The third-order valence-corrected chi connectivity index (χ3v) is 5.89. The van der Waals surface area contributed by atoms with Crippen molar-refractivity contribution in [1.82, 2.24) is 4.57 Å². The monoisotopic (exact) mass is 435 g/mol. The number of fused-ring (bicyclic) bond motifs is 5. The van der Waals surface area contributed by atoms with Crippen molar-refractivity contribution in [3.63, 3.8) is 0 Å². The Labute approximate surface area is 183 Å². The third-order valence-electron chi connectivity index (χ3n) is 5.89. The number of ether oxygens (including phenoxy) is 4. The molecule has 8 heteroatoms. The molecule has 2 aliphatic rings. The Kier molecular flexibility index (Phi) is 4.77. The van der Waals surface area contributed by atoms with Gasteiger partial charge < -0.3 is 28.6 Å². The number of pyridine rings is 1. The molecule has 2 aliphatic heterocycles. The third kappa shape index (κ3) is 2.98. The molecule has 0 saturated heterocycles. The van der Waals surface area contributed by atoms with Gasteiger partial charge in [0.25, 0.3) is 5.56 Å². The Balaban J connectivity index is 1.94. The van der Waals surface area contributed by atoms with E-state index >= 15 is 0 Å². The van der Waals surface area contributed by atoms with Crippen molar-refractivity contribution in [2.24, 2.45) is 0 Å². The number of carbonyl (C=O) groups is 1. The summed E-state index contributed by atoms with van der Waals surface area (Å²) in [6, 6.07) is 7.30. The zero-order chi connectivity index (χ0) is 22.4. The molecule has 0 atom stereocenters. The quantitative estimate of drug-likeness (QED) is 0.627. The van der Waals surface area contributed by atoms with E-state index in [2.05, 4.69) is 0 Å². The maximum atomic E-state index is 13.7. The lowest BCUT2D eigenvalue weighted by atomic mass is 9.94. The number of carboxylic acids is 1. The summed E-state index contributed by atoms with van der Waals surface area (Å²) >= 11 is 0. The number of rotatable bonds is 4. The molecule has 0 amide bonds. The summed E-state index contributed by atoms with van der Waals surface area (Å²) in [5.74, 6) is 0.955. The Bertz CT molecular complexity index is 1350. The van der Waals surface area contributed by atoms with Gasteiger partial charge in [-0.1, -0.05) is 0 Å². The van der Waals surface area contributed by atoms with Crippen molar-refractivity contribution < 1.29 is 28.8 Å². The first-order valence-electron chi connectivity index (χ1n) is 10.2. The fraction of sp³-hybridized carbons (Fsp3) is 0.250. The molecule has 0 radical (unpaired) electrons. The van der Waals surface area contributed by atoms with Crippen LogP contribution in [0.1, 0.15) is 17.5 Å². The van der Waals surface area contributed by atoms with E-state index in [1.165, 1.54) is 20.3 Å². The number of nitrogens with zero attached hydrogens (tertiary/aromatic N) is 1. The first kappa shape index (κ1) is 20.0. The largest absolute Gasteiger partial charge is 0.493 e. The molecule has 8 nitrogen and oxygen atoms in total. The normalized spacial score (nSPS) is 14.2. The summed E-state index contributed by atoms with van der Waals surface area (Å²) in [7, 11) is 2.99. The topological polar surface area (TPSA) is 96.2 Å². The predicted molar refractivity (Wildman–Crippen MR) is 118 cm³/mol. The summed E-state index contributed by atoms with van der Waals surface area (Å²) in [6.45, 7) is 0.616. The average Bonchev–Trinajstić information content (AvgIpc) is 3.16. The van der Waals surface area contributed by atoms with E-state index in [9.17, 15) is 14.7 Å². The second-order valence-electron chi connectivity index (χ2n) is 7.58. The number of benzene rings is 2. The van der Waals surface area contributed by atoms with Crippen molar-refractivity contribution in [2.45, 2.75) is 19.4 Å². The molecule has 0 aliphatic carbocycles. The maximum absolute atomic E-state index is 13.7. The molecule has 0 spiro atoms. The van der Waals surface area contributed by atoms with E-state index in [1.807, 2.05) is 12.1 Å². The van der Waals surface area contributed by atoms with E-state index in [1.54, 1.807) is 16.7 Å². The molecule has 2 aromatic carbocycles. The first-order valence-corrected chi connectivity index (χ1v) is 10.2. The number of carboxylic acid groups (broad SMARTS) is 1. The van der Waals surface area contributed by atoms with E-state index in [0.29, 0.717) is 51.6 Å². The molecule has 3 aromatic rings. The van der Waals surface area contributed by atoms with Gasteiger partial charge in [-0.2, -0.15) is 0 Å². The number of aryl methyl sites for hydroxylation is 1. The highest BCUT2D eigenvalue weighted by atomic mass is 16.7. The number of hydrogen-bond donors (Lipinski definition) is 1. The minimum atomic E-state index is -1.08. The van der Waals surface area contributed by atoms with Crippen LogP contribution in [0, 0.1) is 0 Å². The molecule has 164 valence electrons. The SMILES string of the molecule is COc1ccc2c(/C=C/C(=O)O)c3n(c(=O)c2c1OC)CCCc1cc2c(cc1-3)OCO2. The van der Waals surface area contributed by atoms with Crippen molar-refractivity contribution >= 4 is 22.8 Å². The van der Waals surface area contributed by atoms with Crippen LogP contribution in [0.2, 0.25) is 0 Å². The Morgan fingerprint density at radius 1 is 1.16 bits per heavy atom. The van der Waals surface area contributed by atoms with Crippen molar-refractivity contribution in [1.29, 1.82) is 0 Å². The van der Waals surface area contributed by atoms with E-state index in [-0.39, 0.29) is 12.4 Å². The molecule has 0 unspecified atom stereocenters. The predicted octanol–water partition coefficient (Wildman–Crippen LogP) is 3.46. The number of aliphatic carboxylic acids is 1. The summed E-state index contributed by atoms with van der Waals surface area (Å²) in [5.41, 5.74) is 2.89. The van der Waals surface area contributed by atoms with Gasteiger partial charge in [-0.25, -0.2) is 4.79 Å². The van der Waals surface area contributed by atoms with Gasteiger partial charge in [0.05, 0.1) is 25.3 Å². The Hall–Kier alpha value is -3.94. The molecule has 0 bridgehead atoms. The second kappa shape index (κ2) is 7.64. The molecule has 1 aromatic heterocycles. The standard InChI is InChI=1S/C24H21NO7/c1-29-17-7-5-14-15(6-8-20(26)27)22-16-11-19-18(31-12-32-19)10-13(16)4-3-9-25(22)24(28)21(14)23(17)30-2/h5-8,10-11H,3-4,9,12H2,1-2H3,(H,26,27)/b8-6+. The average molecular weight is 435 g/mol. The Morgan fingerprint density at radius 3 is 2.66 bits per heavy atom. The Morgan fingerprint density at radius 2 is 1.94 bits per heavy atom. The van der Waals surface area contributed by atoms with Crippen LogP contribution in [-0.2, 0) is 17.8 Å². The number of methoxy groups -OCH3 is 2. The van der Waals surface area contributed by atoms with Crippen LogP contribution in [0.25, 0.3) is 28.1 Å². The molecular formula is C24H21NO7. The van der Waals surface area contributed by atoms with Crippen LogP contribution in [0.5, 0.6) is 23.0 Å². The van der Waals surface area contributed by atoms with Gasteiger partial charge in [-0.05, 0) is 48.7 Å². The van der Waals surface area contributed by atoms with Crippen molar-refractivity contribution in [3.8, 4) is 34.3 Å². The van der Waals surface area contributed by atoms with Crippen molar-refractivity contribution in [3.05, 3.63) is 51.8 Å². The van der Waals surface area contributed by atoms with Gasteiger partial charge in [-0.15, -0.1) is 0 Å². The molecule has 0 fully saturated rings. The van der Waals surface area contributed by atoms with Gasteiger partial charge in [0.2, 0.25) is 6.79 Å². The van der Waals surface area contributed by atoms with Crippen LogP contribution < -0.4 is 24.5 Å². The number of aromatic nitrogens is 1. The fourth-order valence-electron chi connectivity index (χ4n) is 4.54. The maximum Gasteiger partial charge on any atom is 0.328 e. The highest BCUT2D eigenvalue weighted by Gasteiger charge is 2.27. The van der Waals surface area contributed by atoms with E-state index in [0.717, 1.165) is 30.0 Å². The van der Waals surface area contributed by atoms with Gasteiger partial charge in [0, 0.05) is 29.1 Å². The zero-order valence-corrected chi connectivity index (χ0v) is 17.6. The highest BCUT2D eigenvalue weighted by Crippen LogP contribution is 2.44. The lowest BCUT2D eigenvalue weighted by Gasteiger charge is -2.20. The lowest BCUT2D eigenvalue weighted by molar-refractivity contribution is -0.131.